The van der Waals surface area contributed by atoms with E-state index < -0.39 is 5.82 Å². The normalized spacial score (nSPS) is 10.6. The molecule has 0 saturated carbocycles. The average Bonchev–Trinajstić information content (AvgIpc) is 2.36. The van der Waals surface area contributed by atoms with Gasteiger partial charge in [-0.1, -0.05) is 18.2 Å². The van der Waals surface area contributed by atoms with E-state index in [-0.39, 0.29) is 11.6 Å². The van der Waals surface area contributed by atoms with Crippen LogP contribution in [0.25, 0.3) is 0 Å². The van der Waals surface area contributed by atoms with Gasteiger partial charge in [0.25, 0.3) is 0 Å². The highest BCUT2D eigenvalue weighted by Crippen LogP contribution is 2.17. The summed E-state index contributed by atoms with van der Waals surface area (Å²) in [6.45, 7) is 0. The molecule has 0 aliphatic carbocycles. The fourth-order valence-electron chi connectivity index (χ4n) is 1.85. The van der Waals surface area contributed by atoms with Gasteiger partial charge in [-0.15, -0.1) is 0 Å². The van der Waals surface area contributed by atoms with Crippen molar-refractivity contribution >= 4 is 0 Å². The maximum atomic E-state index is 13.1. The molecule has 0 amide bonds. The minimum atomic E-state index is -0.589. The molecule has 1 nitrogen and oxygen atoms in total. The number of phenolic OH excluding ortho intramolecular Hbond substituents is 1. The second-order valence-electron chi connectivity index (χ2n) is 4.27. The molecule has 0 spiro atoms. The van der Waals surface area contributed by atoms with Crippen LogP contribution in [0, 0.1) is 11.6 Å². The second-order valence-corrected chi connectivity index (χ2v) is 4.27. The number of aryl methyl sites for hydroxylation is 2. The number of phenols is 1. The minimum absolute atomic E-state index is 0.237. The van der Waals surface area contributed by atoms with Crippen molar-refractivity contribution in [3.8, 4) is 5.75 Å². The van der Waals surface area contributed by atoms with Gasteiger partial charge in [0.1, 0.15) is 5.82 Å². The van der Waals surface area contributed by atoms with Crippen molar-refractivity contribution in [1.29, 1.82) is 0 Å². The lowest BCUT2D eigenvalue weighted by Gasteiger charge is -2.03. The molecule has 0 saturated heterocycles. The molecule has 2 aromatic carbocycles. The van der Waals surface area contributed by atoms with Crippen molar-refractivity contribution in [3.63, 3.8) is 0 Å². The van der Waals surface area contributed by atoms with Gasteiger partial charge >= 0.3 is 0 Å². The highest BCUT2D eigenvalue weighted by atomic mass is 19.1. The van der Waals surface area contributed by atoms with Crippen LogP contribution in [0.3, 0.4) is 0 Å². The van der Waals surface area contributed by atoms with Crippen LogP contribution in [0.5, 0.6) is 5.75 Å². The van der Waals surface area contributed by atoms with Crippen LogP contribution in [-0.4, -0.2) is 5.11 Å². The highest BCUT2D eigenvalue weighted by molar-refractivity contribution is 5.28. The zero-order valence-electron chi connectivity index (χ0n) is 9.87. The first-order valence-corrected chi connectivity index (χ1v) is 5.87. The fraction of sp³-hybridized carbons (Fsp3) is 0.200. The fourth-order valence-corrected chi connectivity index (χ4v) is 1.85. The van der Waals surface area contributed by atoms with Crippen molar-refractivity contribution in [2.45, 2.75) is 19.3 Å². The molecule has 0 atom stereocenters. The molecule has 0 aliphatic heterocycles. The molecule has 1 N–H and O–H groups in total. The Kier molecular flexibility index (Phi) is 3.92. The maximum absolute atomic E-state index is 13.1. The number of halogens is 2. The number of benzene rings is 2. The van der Waals surface area contributed by atoms with Crippen LogP contribution in [0.4, 0.5) is 8.78 Å². The lowest BCUT2D eigenvalue weighted by Crippen LogP contribution is -1.91. The zero-order chi connectivity index (χ0) is 13.0. The quantitative estimate of drug-likeness (QED) is 0.871. The van der Waals surface area contributed by atoms with Crippen molar-refractivity contribution in [3.05, 3.63) is 65.2 Å². The molecule has 0 fully saturated rings. The number of hydrogen-bond acceptors (Lipinski definition) is 1. The summed E-state index contributed by atoms with van der Waals surface area (Å²) in [6.07, 6.45) is 2.41. The lowest BCUT2D eigenvalue weighted by molar-refractivity contribution is 0.431. The molecule has 0 aliphatic rings. The van der Waals surface area contributed by atoms with Crippen molar-refractivity contribution in [1.82, 2.24) is 0 Å². The molecule has 0 heterocycles. The molecule has 0 unspecified atom stereocenters. The summed E-state index contributed by atoms with van der Waals surface area (Å²) in [6, 6.07) is 10.8. The lowest BCUT2D eigenvalue weighted by atomic mass is 10.0. The predicted octanol–water partition coefficient (Wildman–Crippen LogP) is 3.85. The third kappa shape index (κ3) is 3.29. The van der Waals surface area contributed by atoms with Crippen LogP contribution >= 0.6 is 0 Å². The maximum Gasteiger partial charge on any atom is 0.165 e. The first-order chi connectivity index (χ1) is 8.65. The Bertz CT molecular complexity index is 521. The monoisotopic (exact) mass is 248 g/mol. The Morgan fingerprint density at radius 3 is 2.11 bits per heavy atom. The smallest absolute Gasteiger partial charge is 0.165 e. The highest BCUT2D eigenvalue weighted by Gasteiger charge is 2.02. The molecule has 94 valence electrons. The van der Waals surface area contributed by atoms with E-state index in [9.17, 15) is 8.78 Å². The molecule has 0 radical (unpaired) electrons. The summed E-state index contributed by atoms with van der Waals surface area (Å²) in [5.74, 6) is -1.15. The van der Waals surface area contributed by atoms with Gasteiger partial charge in [-0.25, -0.2) is 8.78 Å². The van der Waals surface area contributed by atoms with E-state index in [0.717, 1.165) is 30.4 Å². The largest absolute Gasteiger partial charge is 0.505 e. The van der Waals surface area contributed by atoms with Crippen LogP contribution in [0.1, 0.15) is 17.5 Å². The first-order valence-electron chi connectivity index (χ1n) is 5.87. The Morgan fingerprint density at radius 1 is 0.833 bits per heavy atom. The van der Waals surface area contributed by atoms with E-state index in [1.165, 1.54) is 24.3 Å². The van der Waals surface area contributed by atoms with E-state index in [4.69, 9.17) is 5.11 Å². The van der Waals surface area contributed by atoms with E-state index in [0.29, 0.717) is 0 Å². The average molecular weight is 248 g/mol. The second kappa shape index (κ2) is 5.63. The summed E-state index contributed by atoms with van der Waals surface area (Å²) < 4.78 is 25.8. The molecule has 2 rings (SSSR count). The Balaban J connectivity index is 1.88. The van der Waals surface area contributed by atoms with Crippen molar-refractivity contribution in [2.24, 2.45) is 0 Å². The standard InChI is InChI=1S/C15H14F2O/c16-13-7-4-11(5-8-13)2-1-3-12-6-9-15(18)14(17)10-12/h4-10,18H,1-3H2. The van der Waals surface area contributed by atoms with Crippen LogP contribution in [0.2, 0.25) is 0 Å². The van der Waals surface area contributed by atoms with Gasteiger partial charge < -0.3 is 5.11 Å². The van der Waals surface area contributed by atoms with E-state index in [1.54, 1.807) is 18.2 Å². The predicted molar refractivity (Wildman–Crippen MR) is 66.5 cm³/mol. The summed E-state index contributed by atoms with van der Waals surface area (Å²) >= 11 is 0. The van der Waals surface area contributed by atoms with E-state index >= 15 is 0 Å². The molecular formula is C15H14F2O. The molecule has 0 bridgehead atoms. The summed E-state index contributed by atoms with van der Waals surface area (Å²) in [7, 11) is 0. The summed E-state index contributed by atoms with van der Waals surface area (Å²) in [4.78, 5) is 0. The Labute approximate surface area is 105 Å². The molecule has 0 aromatic heterocycles. The number of hydrogen-bond donors (Lipinski definition) is 1. The van der Waals surface area contributed by atoms with Gasteiger partial charge in [0, 0.05) is 0 Å². The topological polar surface area (TPSA) is 20.2 Å². The minimum Gasteiger partial charge on any atom is -0.505 e. The Hall–Kier alpha value is -1.90. The van der Waals surface area contributed by atoms with Gasteiger partial charge in [0.05, 0.1) is 0 Å². The van der Waals surface area contributed by atoms with Crippen molar-refractivity contribution in [2.75, 3.05) is 0 Å². The third-order valence-corrected chi connectivity index (χ3v) is 2.86. The van der Waals surface area contributed by atoms with Crippen molar-refractivity contribution < 1.29 is 13.9 Å². The molecule has 2 aromatic rings. The zero-order valence-corrected chi connectivity index (χ0v) is 9.87. The van der Waals surface area contributed by atoms with Crippen LogP contribution in [0.15, 0.2) is 42.5 Å². The number of aromatic hydroxyl groups is 1. The summed E-state index contributed by atoms with van der Waals surface area (Å²) in [5, 5.41) is 9.06. The molecular weight excluding hydrogens is 234 g/mol. The van der Waals surface area contributed by atoms with Gasteiger partial charge in [0.2, 0.25) is 0 Å². The van der Waals surface area contributed by atoms with E-state index in [2.05, 4.69) is 0 Å². The van der Waals surface area contributed by atoms with Gasteiger partial charge in [0.15, 0.2) is 11.6 Å². The van der Waals surface area contributed by atoms with Gasteiger partial charge in [-0.05, 0) is 54.7 Å². The molecule has 18 heavy (non-hydrogen) atoms. The summed E-state index contributed by atoms with van der Waals surface area (Å²) in [5.41, 5.74) is 1.92. The third-order valence-electron chi connectivity index (χ3n) is 2.86. The van der Waals surface area contributed by atoms with Gasteiger partial charge in [-0.2, -0.15) is 0 Å². The first kappa shape index (κ1) is 12.6. The van der Waals surface area contributed by atoms with Crippen LogP contribution in [-0.2, 0) is 12.8 Å². The Morgan fingerprint density at radius 2 is 1.44 bits per heavy atom. The van der Waals surface area contributed by atoms with E-state index in [1.807, 2.05) is 0 Å². The number of rotatable bonds is 4. The SMILES string of the molecule is Oc1ccc(CCCc2ccc(F)cc2)cc1F. The van der Waals surface area contributed by atoms with Gasteiger partial charge in [-0.3, -0.25) is 0 Å². The van der Waals surface area contributed by atoms with Crippen LogP contribution < -0.4 is 0 Å². The molecule has 3 heteroatoms.